The van der Waals surface area contributed by atoms with Crippen LogP contribution in [0.1, 0.15) is 19.0 Å². The van der Waals surface area contributed by atoms with Crippen molar-refractivity contribution in [3.05, 3.63) is 36.4 Å². The van der Waals surface area contributed by atoms with E-state index >= 15 is 0 Å². The summed E-state index contributed by atoms with van der Waals surface area (Å²) in [6, 6.07) is 3.83. The zero-order valence-corrected chi connectivity index (χ0v) is 13.9. The van der Waals surface area contributed by atoms with E-state index in [1.807, 2.05) is 37.1 Å². The highest BCUT2D eigenvalue weighted by Gasteiger charge is 2.44. The Morgan fingerprint density at radius 2 is 2.36 bits per heavy atom. The molecule has 116 valence electrons. The van der Waals surface area contributed by atoms with Crippen molar-refractivity contribution in [2.45, 2.75) is 25.5 Å². The Hall–Kier alpha value is -1.82. The van der Waals surface area contributed by atoms with Crippen molar-refractivity contribution < 1.29 is 4.79 Å². The van der Waals surface area contributed by atoms with Gasteiger partial charge < -0.3 is 4.90 Å². The number of nitrogens with zero attached hydrogens (tertiary/aromatic N) is 4. The van der Waals surface area contributed by atoms with E-state index in [0.717, 1.165) is 23.5 Å². The van der Waals surface area contributed by atoms with Crippen LogP contribution in [-0.4, -0.2) is 38.7 Å². The standard InChI is InChI=1S/C16H20N4OS/c1-4-19(16(21)13-8-15(13)22-3)14-10-20(18-11(14)2)12-6-5-7-17-9-12/h5-7,9-10,13,15H,4,8H2,1-3H3. The van der Waals surface area contributed by atoms with Gasteiger partial charge in [0.25, 0.3) is 0 Å². The number of thioether (sulfide) groups is 1. The molecule has 22 heavy (non-hydrogen) atoms. The highest BCUT2D eigenvalue weighted by atomic mass is 32.2. The molecule has 2 atom stereocenters. The van der Waals surface area contributed by atoms with E-state index in [1.165, 1.54) is 0 Å². The van der Waals surface area contributed by atoms with E-state index in [4.69, 9.17) is 0 Å². The van der Waals surface area contributed by atoms with Gasteiger partial charge in [-0.2, -0.15) is 16.9 Å². The summed E-state index contributed by atoms with van der Waals surface area (Å²) in [6.45, 7) is 4.61. The molecule has 1 saturated carbocycles. The lowest BCUT2D eigenvalue weighted by atomic mass is 10.3. The predicted octanol–water partition coefficient (Wildman–Crippen LogP) is 2.68. The molecule has 2 unspecified atom stereocenters. The number of carbonyl (C=O) groups excluding carboxylic acids is 1. The second-order valence-corrected chi connectivity index (χ2v) is 6.53. The van der Waals surface area contributed by atoms with E-state index in [-0.39, 0.29) is 11.8 Å². The number of hydrogen-bond acceptors (Lipinski definition) is 4. The molecule has 2 aromatic rings. The fourth-order valence-corrected chi connectivity index (χ4v) is 3.52. The first kappa shape index (κ1) is 15.1. The predicted molar refractivity (Wildman–Crippen MR) is 89.5 cm³/mol. The Morgan fingerprint density at radius 3 is 2.95 bits per heavy atom. The van der Waals surface area contributed by atoms with Crippen LogP contribution in [0.25, 0.3) is 5.69 Å². The summed E-state index contributed by atoms with van der Waals surface area (Å²) in [4.78, 5) is 18.6. The summed E-state index contributed by atoms with van der Waals surface area (Å²) in [6.07, 6.45) is 8.48. The van der Waals surface area contributed by atoms with E-state index in [9.17, 15) is 4.79 Å². The average molecular weight is 316 g/mol. The molecule has 0 bridgehead atoms. The molecule has 0 radical (unpaired) electrons. The zero-order chi connectivity index (χ0) is 15.7. The maximum Gasteiger partial charge on any atom is 0.231 e. The highest BCUT2D eigenvalue weighted by Crippen LogP contribution is 2.42. The fraction of sp³-hybridized carbons (Fsp3) is 0.438. The van der Waals surface area contributed by atoms with Gasteiger partial charge >= 0.3 is 0 Å². The molecule has 3 rings (SSSR count). The number of aryl methyl sites for hydroxylation is 1. The quantitative estimate of drug-likeness (QED) is 0.851. The Bertz CT molecular complexity index is 670. The van der Waals surface area contributed by atoms with E-state index < -0.39 is 0 Å². The van der Waals surface area contributed by atoms with E-state index in [2.05, 4.69) is 16.3 Å². The van der Waals surface area contributed by atoms with Crippen molar-refractivity contribution in [1.29, 1.82) is 0 Å². The summed E-state index contributed by atoms with van der Waals surface area (Å²) in [5, 5.41) is 5.01. The Balaban J connectivity index is 1.87. The Morgan fingerprint density at radius 1 is 1.55 bits per heavy atom. The zero-order valence-electron chi connectivity index (χ0n) is 13.1. The maximum atomic E-state index is 12.7. The summed E-state index contributed by atoms with van der Waals surface area (Å²) < 4.78 is 1.78. The van der Waals surface area contributed by atoms with Crippen LogP contribution in [0, 0.1) is 12.8 Å². The molecule has 0 aliphatic heterocycles. The number of carbonyl (C=O) groups is 1. The molecule has 2 heterocycles. The molecular weight excluding hydrogens is 296 g/mol. The monoisotopic (exact) mass is 316 g/mol. The van der Waals surface area contributed by atoms with Gasteiger partial charge in [0.15, 0.2) is 0 Å². The minimum Gasteiger partial charge on any atom is -0.309 e. The van der Waals surface area contributed by atoms with Gasteiger partial charge in [0.1, 0.15) is 0 Å². The van der Waals surface area contributed by atoms with E-state index in [1.54, 1.807) is 28.8 Å². The summed E-state index contributed by atoms with van der Waals surface area (Å²) >= 11 is 1.78. The number of amides is 1. The largest absolute Gasteiger partial charge is 0.309 e. The summed E-state index contributed by atoms with van der Waals surface area (Å²) in [5.74, 6) is 0.381. The van der Waals surface area contributed by atoms with Gasteiger partial charge in [0.2, 0.25) is 5.91 Å². The van der Waals surface area contributed by atoms with Gasteiger partial charge in [-0.25, -0.2) is 4.68 Å². The van der Waals surface area contributed by atoms with Crippen LogP contribution >= 0.6 is 11.8 Å². The third kappa shape index (κ3) is 2.75. The summed E-state index contributed by atoms with van der Waals surface area (Å²) in [7, 11) is 0. The lowest BCUT2D eigenvalue weighted by Crippen LogP contribution is -2.32. The lowest BCUT2D eigenvalue weighted by Gasteiger charge is -2.20. The number of pyridine rings is 1. The van der Waals surface area contributed by atoms with Gasteiger partial charge in [0.05, 0.1) is 35.4 Å². The van der Waals surface area contributed by atoms with Crippen LogP contribution in [-0.2, 0) is 4.79 Å². The Labute approximate surface area is 134 Å². The van der Waals surface area contributed by atoms with Gasteiger partial charge in [-0.05, 0) is 38.7 Å². The normalized spacial score (nSPS) is 20.0. The van der Waals surface area contributed by atoms with Crippen LogP contribution < -0.4 is 4.90 Å². The number of aromatic nitrogens is 3. The van der Waals surface area contributed by atoms with Crippen molar-refractivity contribution in [3.8, 4) is 5.69 Å². The van der Waals surface area contributed by atoms with Crippen LogP contribution in [0.3, 0.4) is 0 Å². The minimum atomic E-state index is 0.163. The summed E-state index contributed by atoms with van der Waals surface area (Å²) in [5.41, 5.74) is 2.65. The number of anilines is 1. The van der Waals surface area contributed by atoms with Gasteiger partial charge in [-0.1, -0.05) is 0 Å². The third-order valence-corrected chi connectivity index (χ3v) is 5.13. The third-order valence-electron chi connectivity index (χ3n) is 4.01. The first-order valence-corrected chi connectivity index (χ1v) is 8.75. The molecule has 0 N–H and O–H groups in total. The fourth-order valence-electron chi connectivity index (χ4n) is 2.67. The van der Waals surface area contributed by atoms with Gasteiger partial charge in [0, 0.05) is 18.0 Å². The maximum absolute atomic E-state index is 12.7. The van der Waals surface area contributed by atoms with Crippen molar-refractivity contribution in [1.82, 2.24) is 14.8 Å². The molecule has 1 aliphatic carbocycles. The van der Waals surface area contributed by atoms with Crippen molar-refractivity contribution >= 4 is 23.4 Å². The molecule has 0 spiro atoms. The van der Waals surface area contributed by atoms with Crippen LogP contribution in [0.4, 0.5) is 5.69 Å². The van der Waals surface area contributed by atoms with Crippen molar-refractivity contribution in [3.63, 3.8) is 0 Å². The number of hydrogen-bond donors (Lipinski definition) is 0. The van der Waals surface area contributed by atoms with Crippen LogP contribution in [0.2, 0.25) is 0 Å². The first-order valence-electron chi connectivity index (χ1n) is 7.46. The Kier molecular flexibility index (Phi) is 4.20. The minimum absolute atomic E-state index is 0.163. The smallest absolute Gasteiger partial charge is 0.231 e. The molecule has 0 aromatic carbocycles. The molecule has 1 aliphatic rings. The first-order chi connectivity index (χ1) is 10.7. The molecule has 1 fully saturated rings. The van der Waals surface area contributed by atoms with Crippen LogP contribution in [0.5, 0.6) is 0 Å². The lowest BCUT2D eigenvalue weighted by molar-refractivity contribution is -0.119. The second-order valence-electron chi connectivity index (χ2n) is 5.45. The highest BCUT2D eigenvalue weighted by molar-refractivity contribution is 7.99. The van der Waals surface area contributed by atoms with Crippen molar-refractivity contribution in [2.24, 2.45) is 5.92 Å². The van der Waals surface area contributed by atoms with Gasteiger partial charge in [-0.15, -0.1) is 0 Å². The van der Waals surface area contributed by atoms with Crippen molar-refractivity contribution in [2.75, 3.05) is 17.7 Å². The topological polar surface area (TPSA) is 51.0 Å². The number of rotatable bonds is 5. The van der Waals surface area contributed by atoms with Crippen LogP contribution in [0.15, 0.2) is 30.7 Å². The SMILES string of the molecule is CCN(C(=O)C1CC1SC)c1cn(-c2cccnc2)nc1C. The van der Waals surface area contributed by atoms with Gasteiger partial charge in [-0.3, -0.25) is 9.78 Å². The molecule has 5 nitrogen and oxygen atoms in total. The molecular formula is C16H20N4OS. The molecule has 6 heteroatoms. The average Bonchev–Trinajstić information content (AvgIpc) is 3.25. The second kappa shape index (κ2) is 6.12. The van der Waals surface area contributed by atoms with E-state index in [0.29, 0.717) is 11.8 Å². The molecule has 1 amide bonds. The molecule has 2 aromatic heterocycles. The molecule has 0 saturated heterocycles.